The van der Waals surface area contributed by atoms with Gasteiger partial charge in [0.1, 0.15) is 0 Å². The molecule has 1 aromatic heterocycles. The van der Waals surface area contributed by atoms with Crippen LogP contribution in [0.2, 0.25) is 0 Å². The molecule has 2 rings (SSSR count). The van der Waals surface area contributed by atoms with Crippen LogP contribution in [0.15, 0.2) is 42.7 Å². The number of benzene rings is 1. The van der Waals surface area contributed by atoms with Crippen molar-refractivity contribution < 1.29 is 18.3 Å². The summed E-state index contributed by atoms with van der Waals surface area (Å²) in [5.74, 6) is 0. The summed E-state index contributed by atoms with van der Waals surface area (Å²) in [6.07, 6.45) is -0.929. The molecule has 0 unspecified atom stereocenters. The van der Waals surface area contributed by atoms with E-state index in [-0.39, 0.29) is 18.2 Å². The molecule has 0 saturated carbocycles. The Morgan fingerprint density at radius 1 is 1.26 bits per heavy atom. The molecule has 0 aliphatic rings. The van der Waals surface area contributed by atoms with Crippen LogP contribution < -0.4 is 5.32 Å². The van der Waals surface area contributed by atoms with Crippen LogP contribution in [-0.4, -0.2) is 27.5 Å². The molecule has 2 atom stereocenters. The van der Waals surface area contributed by atoms with Crippen LogP contribution in [0.3, 0.4) is 0 Å². The summed E-state index contributed by atoms with van der Waals surface area (Å²) in [5, 5.41) is 17.7. The number of halogens is 3. The van der Waals surface area contributed by atoms with Crippen LogP contribution in [0.5, 0.6) is 0 Å². The van der Waals surface area contributed by atoms with Gasteiger partial charge in [-0.05, 0) is 37.6 Å². The summed E-state index contributed by atoms with van der Waals surface area (Å²) >= 11 is 0. The first-order chi connectivity index (χ1) is 10.7. The highest BCUT2D eigenvalue weighted by Crippen LogP contribution is 2.31. The highest BCUT2D eigenvalue weighted by Gasteiger charge is 2.32. The smallest absolute Gasteiger partial charge is 0.384 e. The van der Waals surface area contributed by atoms with E-state index in [2.05, 4.69) is 10.4 Å². The molecule has 4 nitrogen and oxygen atoms in total. The SMILES string of the molecule is C[C@@H](Cn1cccn1)NC[C@](C)(O)c1cccc(C(F)(F)F)c1. The lowest BCUT2D eigenvalue weighted by Gasteiger charge is -2.27. The fourth-order valence-electron chi connectivity index (χ4n) is 2.26. The zero-order valence-corrected chi connectivity index (χ0v) is 13.0. The number of alkyl halides is 3. The van der Waals surface area contributed by atoms with Gasteiger partial charge in [-0.15, -0.1) is 0 Å². The molecule has 0 radical (unpaired) electrons. The summed E-state index contributed by atoms with van der Waals surface area (Å²) < 4.78 is 40.1. The number of rotatable bonds is 6. The van der Waals surface area contributed by atoms with Crippen molar-refractivity contribution >= 4 is 0 Å². The van der Waals surface area contributed by atoms with E-state index in [9.17, 15) is 18.3 Å². The van der Waals surface area contributed by atoms with Crippen molar-refractivity contribution in [1.29, 1.82) is 0 Å². The maximum Gasteiger partial charge on any atom is 0.416 e. The van der Waals surface area contributed by atoms with Gasteiger partial charge in [0.25, 0.3) is 0 Å². The summed E-state index contributed by atoms with van der Waals surface area (Å²) in [6.45, 7) is 4.16. The van der Waals surface area contributed by atoms with Gasteiger partial charge < -0.3 is 10.4 Å². The lowest BCUT2D eigenvalue weighted by atomic mass is 9.94. The van der Waals surface area contributed by atoms with Gasteiger partial charge in [-0.3, -0.25) is 4.68 Å². The molecule has 0 bridgehead atoms. The number of nitrogens with zero attached hydrogens (tertiary/aromatic N) is 2. The molecule has 1 aromatic carbocycles. The Hall–Kier alpha value is -1.86. The molecule has 0 fully saturated rings. The van der Waals surface area contributed by atoms with E-state index in [0.29, 0.717) is 6.54 Å². The normalized spacial score (nSPS) is 16.1. The Bertz CT molecular complexity index is 624. The predicted molar refractivity (Wildman–Crippen MR) is 80.7 cm³/mol. The first-order valence-corrected chi connectivity index (χ1v) is 7.29. The van der Waals surface area contributed by atoms with E-state index in [4.69, 9.17) is 0 Å². The number of hydrogen-bond donors (Lipinski definition) is 2. The van der Waals surface area contributed by atoms with Crippen molar-refractivity contribution in [1.82, 2.24) is 15.1 Å². The van der Waals surface area contributed by atoms with Gasteiger partial charge in [0.2, 0.25) is 0 Å². The average Bonchev–Trinajstić information content (AvgIpc) is 2.97. The van der Waals surface area contributed by atoms with Crippen molar-refractivity contribution in [2.45, 2.75) is 38.2 Å². The maximum absolute atomic E-state index is 12.8. The van der Waals surface area contributed by atoms with Crippen LogP contribution in [0.4, 0.5) is 13.2 Å². The monoisotopic (exact) mass is 327 g/mol. The Labute approximate surface area is 132 Å². The summed E-state index contributed by atoms with van der Waals surface area (Å²) in [6, 6.07) is 6.60. The first-order valence-electron chi connectivity index (χ1n) is 7.29. The lowest BCUT2D eigenvalue weighted by molar-refractivity contribution is -0.137. The minimum Gasteiger partial charge on any atom is -0.384 e. The van der Waals surface area contributed by atoms with Crippen molar-refractivity contribution in [2.24, 2.45) is 0 Å². The van der Waals surface area contributed by atoms with Gasteiger partial charge in [-0.25, -0.2) is 0 Å². The molecule has 2 N–H and O–H groups in total. The average molecular weight is 327 g/mol. The fraction of sp³-hybridized carbons (Fsp3) is 0.438. The lowest BCUT2D eigenvalue weighted by Crippen LogP contribution is -2.41. The van der Waals surface area contributed by atoms with Gasteiger partial charge in [-0.1, -0.05) is 12.1 Å². The van der Waals surface area contributed by atoms with Gasteiger partial charge >= 0.3 is 6.18 Å². The molecule has 0 aliphatic heterocycles. The molecule has 126 valence electrons. The Kier molecular flexibility index (Phi) is 5.11. The number of hydrogen-bond acceptors (Lipinski definition) is 3. The molecule has 7 heteroatoms. The highest BCUT2D eigenvalue weighted by molar-refractivity contribution is 5.29. The third-order valence-electron chi connectivity index (χ3n) is 3.63. The molecule has 0 spiro atoms. The minimum atomic E-state index is -4.42. The third kappa shape index (κ3) is 4.80. The molecule has 0 aliphatic carbocycles. The van der Waals surface area contributed by atoms with Crippen LogP contribution in [0, 0.1) is 0 Å². The predicted octanol–water partition coefficient (Wildman–Crippen LogP) is 2.79. The Balaban J connectivity index is 2.01. The Morgan fingerprint density at radius 3 is 2.57 bits per heavy atom. The van der Waals surface area contributed by atoms with E-state index in [0.717, 1.165) is 12.1 Å². The number of aromatic nitrogens is 2. The molecular weight excluding hydrogens is 307 g/mol. The topological polar surface area (TPSA) is 50.1 Å². The van der Waals surface area contributed by atoms with Crippen molar-refractivity contribution in [2.75, 3.05) is 6.54 Å². The quantitative estimate of drug-likeness (QED) is 0.858. The van der Waals surface area contributed by atoms with Gasteiger partial charge in [0.05, 0.1) is 17.7 Å². The van der Waals surface area contributed by atoms with Crippen LogP contribution in [0.1, 0.15) is 25.0 Å². The first kappa shape index (κ1) is 17.5. The van der Waals surface area contributed by atoms with E-state index in [1.165, 1.54) is 19.1 Å². The highest BCUT2D eigenvalue weighted by atomic mass is 19.4. The number of nitrogens with one attached hydrogen (secondary N) is 1. The molecule has 0 saturated heterocycles. The largest absolute Gasteiger partial charge is 0.416 e. The second kappa shape index (κ2) is 6.72. The molecule has 1 heterocycles. The maximum atomic E-state index is 12.8. The van der Waals surface area contributed by atoms with Gasteiger partial charge in [-0.2, -0.15) is 18.3 Å². The second-order valence-corrected chi connectivity index (χ2v) is 5.86. The standard InChI is InChI=1S/C16H20F3N3O/c1-12(10-22-8-4-7-21-22)20-11-15(2,23)13-5-3-6-14(9-13)16(17,18)19/h3-9,12,20,23H,10-11H2,1-2H3/t12-,15-/m0/s1. The second-order valence-electron chi connectivity index (χ2n) is 5.86. The molecular formula is C16H20F3N3O. The fourth-order valence-corrected chi connectivity index (χ4v) is 2.26. The summed E-state index contributed by atoms with van der Waals surface area (Å²) in [7, 11) is 0. The molecule has 2 aromatic rings. The molecule has 23 heavy (non-hydrogen) atoms. The van der Waals surface area contributed by atoms with Crippen molar-refractivity contribution in [3.63, 3.8) is 0 Å². The minimum absolute atomic E-state index is 0.00664. The summed E-state index contributed by atoms with van der Waals surface area (Å²) in [4.78, 5) is 0. The van der Waals surface area contributed by atoms with Crippen molar-refractivity contribution in [3.8, 4) is 0 Å². The van der Waals surface area contributed by atoms with E-state index in [1.54, 1.807) is 10.9 Å². The molecule has 0 amide bonds. The van der Waals surface area contributed by atoms with Crippen LogP contribution in [-0.2, 0) is 18.3 Å². The van der Waals surface area contributed by atoms with E-state index >= 15 is 0 Å². The Morgan fingerprint density at radius 2 is 1.96 bits per heavy atom. The summed E-state index contributed by atoms with van der Waals surface area (Å²) in [5.41, 5.74) is -1.94. The zero-order valence-electron chi connectivity index (χ0n) is 13.0. The zero-order chi connectivity index (χ0) is 17.1. The number of aliphatic hydroxyl groups is 1. The van der Waals surface area contributed by atoms with Crippen LogP contribution in [0.25, 0.3) is 0 Å². The third-order valence-corrected chi connectivity index (χ3v) is 3.63. The van der Waals surface area contributed by atoms with E-state index < -0.39 is 17.3 Å². The van der Waals surface area contributed by atoms with Crippen molar-refractivity contribution in [3.05, 3.63) is 53.9 Å². The van der Waals surface area contributed by atoms with Gasteiger partial charge in [0.15, 0.2) is 0 Å². The van der Waals surface area contributed by atoms with Gasteiger partial charge in [0, 0.05) is 25.0 Å². The van der Waals surface area contributed by atoms with E-state index in [1.807, 2.05) is 19.2 Å². The van der Waals surface area contributed by atoms with Crippen LogP contribution >= 0.6 is 0 Å².